The van der Waals surface area contributed by atoms with Gasteiger partial charge in [0.2, 0.25) is 5.88 Å². The Hall–Kier alpha value is -1.45. The molecule has 94 valence electrons. The monoisotopic (exact) mass is 236 g/mol. The first-order chi connectivity index (χ1) is 8.04. The zero-order valence-corrected chi connectivity index (χ0v) is 10.9. The van der Waals surface area contributed by atoms with E-state index in [9.17, 15) is 0 Å². The fourth-order valence-electron chi connectivity index (χ4n) is 1.45. The second kappa shape index (κ2) is 4.82. The summed E-state index contributed by atoms with van der Waals surface area (Å²) in [5.74, 6) is 2.34. The molecule has 0 amide bonds. The van der Waals surface area contributed by atoms with E-state index in [2.05, 4.69) is 4.98 Å². The van der Waals surface area contributed by atoms with Gasteiger partial charge in [-0.2, -0.15) is 4.98 Å². The minimum Gasteiger partial charge on any atom is -0.490 e. The van der Waals surface area contributed by atoms with Gasteiger partial charge in [-0.25, -0.2) is 0 Å². The molecule has 1 aromatic heterocycles. The predicted molar refractivity (Wildman–Crippen MR) is 68.0 cm³/mol. The third kappa shape index (κ3) is 3.51. The van der Waals surface area contributed by atoms with Gasteiger partial charge in [0, 0.05) is 26.2 Å². The Bertz CT molecular complexity index is 365. The molecule has 1 saturated carbocycles. The van der Waals surface area contributed by atoms with Crippen molar-refractivity contribution in [2.45, 2.75) is 38.9 Å². The highest BCUT2D eigenvalue weighted by atomic mass is 16.5. The van der Waals surface area contributed by atoms with Crippen molar-refractivity contribution in [3.05, 3.63) is 12.1 Å². The molecule has 0 bridgehead atoms. The van der Waals surface area contributed by atoms with Crippen LogP contribution >= 0.6 is 0 Å². The fourth-order valence-corrected chi connectivity index (χ4v) is 1.45. The number of nitrogens with zero attached hydrogens (tertiary/aromatic N) is 2. The van der Waals surface area contributed by atoms with Gasteiger partial charge in [0.05, 0.1) is 12.2 Å². The molecule has 2 rings (SSSR count). The molecule has 4 nitrogen and oxygen atoms in total. The first-order valence-electron chi connectivity index (χ1n) is 6.07. The van der Waals surface area contributed by atoms with Gasteiger partial charge in [0.1, 0.15) is 11.6 Å². The van der Waals surface area contributed by atoms with Gasteiger partial charge in [-0.1, -0.05) is 0 Å². The molecule has 17 heavy (non-hydrogen) atoms. The number of anilines is 1. The van der Waals surface area contributed by atoms with Gasteiger partial charge in [0.25, 0.3) is 0 Å². The minimum atomic E-state index is 0.119. The van der Waals surface area contributed by atoms with Gasteiger partial charge < -0.3 is 14.4 Å². The molecule has 1 aromatic rings. The van der Waals surface area contributed by atoms with Crippen LogP contribution in [0.2, 0.25) is 0 Å². The molecule has 0 spiro atoms. The van der Waals surface area contributed by atoms with Gasteiger partial charge in [-0.05, 0) is 26.7 Å². The summed E-state index contributed by atoms with van der Waals surface area (Å²) in [6.45, 7) is 3.98. The van der Waals surface area contributed by atoms with Crippen LogP contribution in [0.25, 0.3) is 0 Å². The summed E-state index contributed by atoms with van der Waals surface area (Å²) in [4.78, 5) is 6.38. The standard InChI is InChI=1S/C13H20N2O2/c1-9(2)16-13-8-11(17-10-5-6-10)7-12(14-13)15(3)4/h7-10H,5-6H2,1-4H3. The Morgan fingerprint density at radius 1 is 1.29 bits per heavy atom. The van der Waals surface area contributed by atoms with E-state index in [0.717, 1.165) is 24.4 Å². The summed E-state index contributed by atoms with van der Waals surface area (Å²) in [5, 5.41) is 0. The molecule has 0 N–H and O–H groups in total. The molecule has 0 aliphatic heterocycles. The molecule has 1 fully saturated rings. The minimum absolute atomic E-state index is 0.119. The number of rotatable bonds is 5. The smallest absolute Gasteiger partial charge is 0.219 e. The number of hydrogen-bond donors (Lipinski definition) is 0. The first-order valence-corrected chi connectivity index (χ1v) is 6.07. The SMILES string of the molecule is CC(C)Oc1cc(OC2CC2)cc(N(C)C)n1. The Morgan fingerprint density at radius 3 is 2.53 bits per heavy atom. The molecular weight excluding hydrogens is 216 g/mol. The van der Waals surface area contributed by atoms with Crippen LogP contribution in [0.1, 0.15) is 26.7 Å². The van der Waals surface area contributed by atoms with Crippen molar-refractivity contribution in [1.82, 2.24) is 4.98 Å². The average Bonchev–Trinajstić information content (AvgIpc) is 3.00. The van der Waals surface area contributed by atoms with Gasteiger partial charge in [0.15, 0.2) is 0 Å². The predicted octanol–water partition coefficient (Wildman–Crippen LogP) is 2.48. The lowest BCUT2D eigenvalue weighted by molar-refractivity contribution is 0.230. The second-order valence-electron chi connectivity index (χ2n) is 4.88. The van der Waals surface area contributed by atoms with Gasteiger partial charge >= 0.3 is 0 Å². The lowest BCUT2D eigenvalue weighted by Crippen LogP contribution is -2.13. The Kier molecular flexibility index (Phi) is 3.41. The van der Waals surface area contributed by atoms with Crippen molar-refractivity contribution in [3.8, 4) is 11.6 Å². The van der Waals surface area contributed by atoms with Crippen LogP contribution in [0.4, 0.5) is 5.82 Å². The fraction of sp³-hybridized carbons (Fsp3) is 0.615. The zero-order valence-electron chi connectivity index (χ0n) is 10.9. The van der Waals surface area contributed by atoms with Crippen LogP contribution in [0.5, 0.6) is 11.6 Å². The highest BCUT2D eigenvalue weighted by Crippen LogP contribution is 2.30. The molecule has 0 radical (unpaired) electrons. The Balaban J connectivity index is 2.20. The third-order valence-corrected chi connectivity index (χ3v) is 2.40. The van der Waals surface area contributed by atoms with Crippen LogP contribution in [0, 0.1) is 0 Å². The van der Waals surface area contributed by atoms with Crippen LogP contribution in [0.15, 0.2) is 12.1 Å². The highest BCUT2D eigenvalue weighted by Gasteiger charge is 2.24. The molecule has 0 atom stereocenters. The van der Waals surface area contributed by atoms with E-state index in [1.54, 1.807) is 0 Å². The normalized spacial score (nSPS) is 14.9. The molecular formula is C13H20N2O2. The van der Waals surface area contributed by atoms with Crippen LogP contribution in [0.3, 0.4) is 0 Å². The van der Waals surface area contributed by atoms with Crippen molar-refractivity contribution in [2.75, 3.05) is 19.0 Å². The Labute approximate surface area is 103 Å². The zero-order chi connectivity index (χ0) is 12.4. The quantitative estimate of drug-likeness (QED) is 0.786. The second-order valence-corrected chi connectivity index (χ2v) is 4.88. The van der Waals surface area contributed by atoms with Crippen molar-refractivity contribution < 1.29 is 9.47 Å². The van der Waals surface area contributed by atoms with E-state index < -0.39 is 0 Å². The lowest BCUT2D eigenvalue weighted by atomic mass is 10.4. The van der Waals surface area contributed by atoms with Crippen molar-refractivity contribution in [1.29, 1.82) is 0 Å². The molecule has 0 saturated heterocycles. The summed E-state index contributed by atoms with van der Waals surface area (Å²) in [6.07, 6.45) is 2.81. The number of hydrogen-bond acceptors (Lipinski definition) is 4. The summed E-state index contributed by atoms with van der Waals surface area (Å²) in [5.41, 5.74) is 0. The highest BCUT2D eigenvalue weighted by molar-refractivity contribution is 5.46. The maximum absolute atomic E-state index is 5.79. The van der Waals surface area contributed by atoms with E-state index >= 15 is 0 Å². The summed E-state index contributed by atoms with van der Waals surface area (Å²) < 4.78 is 11.4. The topological polar surface area (TPSA) is 34.6 Å². The van der Waals surface area contributed by atoms with E-state index in [4.69, 9.17) is 9.47 Å². The maximum atomic E-state index is 5.79. The Morgan fingerprint density at radius 2 is 2.00 bits per heavy atom. The van der Waals surface area contributed by atoms with Crippen LogP contribution < -0.4 is 14.4 Å². The molecule has 1 aliphatic rings. The van der Waals surface area contributed by atoms with E-state index in [1.165, 1.54) is 0 Å². The largest absolute Gasteiger partial charge is 0.490 e. The maximum Gasteiger partial charge on any atom is 0.219 e. The summed E-state index contributed by atoms with van der Waals surface area (Å²) in [7, 11) is 3.92. The van der Waals surface area contributed by atoms with E-state index in [1.807, 2.05) is 45.0 Å². The van der Waals surface area contributed by atoms with Crippen molar-refractivity contribution in [2.24, 2.45) is 0 Å². The molecule has 0 aromatic carbocycles. The molecule has 1 aliphatic carbocycles. The molecule has 0 unspecified atom stereocenters. The van der Waals surface area contributed by atoms with Crippen LogP contribution in [-0.4, -0.2) is 31.3 Å². The lowest BCUT2D eigenvalue weighted by Gasteiger charge is -2.16. The number of ether oxygens (including phenoxy) is 2. The summed E-state index contributed by atoms with van der Waals surface area (Å²) in [6, 6.07) is 3.82. The number of pyridine rings is 1. The first kappa shape index (κ1) is 12.0. The third-order valence-electron chi connectivity index (χ3n) is 2.40. The van der Waals surface area contributed by atoms with Crippen molar-refractivity contribution >= 4 is 5.82 Å². The van der Waals surface area contributed by atoms with Gasteiger partial charge in [-0.3, -0.25) is 0 Å². The number of aromatic nitrogens is 1. The molecule has 4 heteroatoms. The average molecular weight is 236 g/mol. The molecule has 1 heterocycles. The van der Waals surface area contributed by atoms with Crippen molar-refractivity contribution in [3.63, 3.8) is 0 Å². The van der Waals surface area contributed by atoms with Gasteiger partial charge in [-0.15, -0.1) is 0 Å². The van der Waals surface area contributed by atoms with E-state index in [0.29, 0.717) is 12.0 Å². The van der Waals surface area contributed by atoms with E-state index in [-0.39, 0.29) is 6.10 Å². The summed E-state index contributed by atoms with van der Waals surface area (Å²) >= 11 is 0. The van der Waals surface area contributed by atoms with Crippen LogP contribution in [-0.2, 0) is 0 Å².